The molecule has 0 bridgehead atoms. The first-order chi connectivity index (χ1) is 20.6. The molecule has 1 aromatic heterocycles. The highest BCUT2D eigenvalue weighted by Gasteiger charge is 2.31. The second kappa shape index (κ2) is 19.4. The zero-order valence-corrected chi connectivity index (χ0v) is 26.6. The van der Waals surface area contributed by atoms with Crippen molar-refractivity contribution in [2.75, 3.05) is 49.5 Å². The number of rotatable bonds is 21. The van der Waals surface area contributed by atoms with Crippen LogP contribution < -0.4 is 10.2 Å². The molecule has 1 aromatic carbocycles. The Morgan fingerprint density at radius 1 is 0.738 bits per heavy atom. The van der Waals surface area contributed by atoms with Crippen molar-refractivity contribution in [3.8, 4) is 0 Å². The molecule has 0 radical (unpaired) electrons. The second-order valence-corrected chi connectivity index (χ2v) is 11.6. The summed E-state index contributed by atoms with van der Waals surface area (Å²) in [6.07, 6.45) is 18.9. The molecule has 2 amide bonds. The fourth-order valence-corrected chi connectivity index (χ4v) is 5.80. The zero-order valence-electron chi connectivity index (χ0n) is 26.6. The largest absolute Gasteiger partial charge is 0.319 e. The number of amides is 2. The molecule has 0 spiro atoms. The van der Waals surface area contributed by atoms with E-state index in [-0.39, 0.29) is 18.4 Å². The fraction of sp³-hybridized carbons (Fsp3) is 0.629. The molecule has 0 unspecified atom stereocenters. The van der Waals surface area contributed by atoms with Gasteiger partial charge in [0.2, 0.25) is 5.91 Å². The maximum atomic E-state index is 14.0. The third-order valence-electron chi connectivity index (χ3n) is 8.45. The van der Waals surface area contributed by atoms with E-state index in [9.17, 15) is 9.59 Å². The van der Waals surface area contributed by atoms with Crippen LogP contribution in [0.15, 0.2) is 42.6 Å². The fourth-order valence-electron chi connectivity index (χ4n) is 5.80. The van der Waals surface area contributed by atoms with Gasteiger partial charge in [0.15, 0.2) is 5.82 Å². The van der Waals surface area contributed by atoms with Crippen molar-refractivity contribution < 1.29 is 9.59 Å². The minimum absolute atomic E-state index is 0.0619. The van der Waals surface area contributed by atoms with E-state index < -0.39 is 0 Å². The first-order valence-electron chi connectivity index (χ1n) is 16.7. The van der Waals surface area contributed by atoms with Gasteiger partial charge in [0.1, 0.15) is 0 Å². The number of hydrogen-bond acceptors (Lipinski definition) is 5. The molecule has 2 aromatic rings. The molecule has 232 valence electrons. The second-order valence-electron chi connectivity index (χ2n) is 11.6. The molecule has 1 aliphatic heterocycles. The first-order valence-corrected chi connectivity index (χ1v) is 16.7. The molecule has 1 aliphatic rings. The van der Waals surface area contributed by atoms with Crippen LogP contribution in [-0.4, -0.2) is 65.9 Å². The number of benzene rings is 1. The SMILES string of the molecule is CCCCCCCCCCCCCCCN(CCN(CC)CC)CC(=O)N1c2ccccc2C(=O)Nc2cccnc21. The average molecular weight is 578 g/mol. The topological polar surface area (TPSA) is 68.8 Å². The van der Waals surface area contributed by atoms with Gasteiger partial charge in [0.25, 0.3) is 5.91 Å². The number of carbonyl (C=O) groups is 2. The lowest BCUT2D eigenvalue weighted by Crippen LogP contribution is -2.42. The number of aromatic nitrogens is 1. The molecule has 3 rings (SSSR count). The number of likely N-dealkylation sites (N-methyl/N-ethyl adjacent to an activating group) is 1. The van der Waals surface area contributed by atoms with Crippen LogP contribution in [0.1, 0.15) is 115 Å². The summed E-state index contributed by atoms with van der Waals surface area (Å²) in [5.74, 6) is 0.194. The van der Waals surface area contributed by atoms with Crippen molar-refractivity contribution in [2.24, 2.45) is 0 Å². The molecule has 7 nitrogen and oxygen atoms in total. The third-order valence-corrected chi connectivity index (χ3v) is 8.45. The Kier molecular flexibility index (Phi) is 15.6. The maximum absolute atomic E-state index is 14.0. The minimum Gasteiger partial charge on any atom is -0.319 e. The standard InChI is InChI=1S/C35H55N5O2/c1-4-7-8-9-10-11-12-13-14-15-16-17-20-26-39(28-27-38(5-2)6-3)29-33(41)40-32-24-19-18-22-30(32)35(42)37-31-23-21-25-36-34(31)40/h18-19,21-25H,4-17,20,26-29H2,1-3H3,(H,37,42). The van der Waals surface area contributed by atoms with Gasteiger partial charge in [0, 0.05) is 19.3 Å². The first kappa shape index (κ1) is 33.7. The van der Waals surface area contributed by atoms with Crippen LogP contribution in [0.25, 0.3) is 0 Å². The van der Waals surface area contributed by atoms with E-state index in [1.165, 1.54) is 77.0 Å². The van der Waals surface area contributed by atoms with Crippen molar-refractivity contribution >= 4 is 29.0 Å². The summed E-state index contributed by atoms with van der Waals surface area (Å²) in [6.45, 7) is 11.6. The van der Waals surface area contributed by atoms with Gasteiger partial charge in [-0.15, -0.1) is 0 Å². The molecular formula is C35H55N5O2. The zero-order chi connectivity index (χ0) is 30.0. The van der Waals surface area contributed by atoms with Gasteiger partial charge >= 0.3 is 0 Å². The molecule has 0 saturated heterocycles. The Morgan fingerprint density at radius 3 is 1.98 bits per heavy atom. The summed E-state index contributed by atoms with van der Waals surface area (Å²) in [4.78, 5) is 37.8. The highest BCUT2D eigenvalue weighted by Crippen LogP contribution is 2.36. The lowest BCUT2D eigenvalue weighted by Gasteiger charge is -2.29. The van der Waals surface area contributed by atoms with Crippen molar-refractivity contribution in [3.05, 3.63) is 48.2 Å². The van der Waals surface area contributed by atoms with Crippen LogP contribution >= 0.6 is 0 Å². The molecule has 0 saturated carbocycles. The van der Waals surface area contributed by atoms with E-state index in [0.29, 0.717) is 22.8 Å². The summed E-state index contributed by atoms with van der Waals surface area (Å²) in [7, 11) is 0. The molecule has 42 heavy (non-hydrogen) atoms. The van der Waals surface area contributed by atoms with Crippen LogP contribution in [0.3, 0.4) is 0 Å². The van der Waals surface area contributed by atoms with Gasteiger partial charge in [-0.3, -0.25) is 19.4 Å². The monoisotopic (exact) mass is 577 g/mol. The number of unbranched alkanes of at least 4 members (excludes halogenated alkanes) is 12. The van der Waals surface area contributed by atoms with Gasteiger partial charge < -0.3 is 10.2 Å². The Labute approximate surface area is 255 Å². The van der Waals surface area contributed by atoms with Crippen molar-refractivity contribution in [1.29, 1.82) is 0 Å². The van der Waals surface area contributed by atoms with Crippen LogP contribution in [0.5, 0.6) is 0 Å². The highest BCUT2D eigenvalue weighted by atomic mass is 16.2. The lowest BCUT2D eigenvalue weighted by molar-refractivity contribution is -0.119. The Morgan fingerprint density at radius 2 is 1.33 bits per heavy atom. The summed E-state index contributed by atoms with van der Waals surface area (Å²) < 4.78 is 0. The predicted octanol–water partition coefficient (Wildman–Crippen LogP) is 8.05. The number of fused-ring (bicyclic) bond motifs is 2. The lowest BCUT2D eigenvalue weighted by atomic mass is 10.0. The Hall–Kier alpha value is -2.77. The van der Waals surface area contributed by atoms with Crippen molar-refractivity contribution in [3.63, 3.8) is 0 Å². The van der Waals surface area contributed by atoms with Crippen molar-refractivity contribution in [2.45, 2.75) is 104 Å². The van der Waals surface area contributed by atoms with Crippen LogP contribution in [0.2, 0.25) is 0 Å². The quantitative estimate of drug-likeness (QED) is 0.152. The minimum atomic E-state index is -0.222. The van der Waals surface area contributed by atoms with Gasteiger partial charge in [-0.05, 0) is 50.3 Å². The Bertz CT molecular complexity index is 1070. The normalized spacial score (nSPS) is 12.8. The van der Waals surface area contributed by atoms with E-state index in [0.717, 1.165) is 39.1 Å². The van der Waals surface area contributed by atoms with Crippen LogP contribution in [0.4, 0.5) is 17.2 Å². The highest BCUT2D eigenvalue weighted by molar-refractivity contribution is 6.17. The van der Waals surface area contributed by atoms with E-state index in [1.807, 2.05) is 18.2 Å². The summed E-state index contributed by atoms with van der Waals surface area (Å²) in [6, 6.07) is 10.9. The third kappa shape index (κ3) is 10.8. The average Bonchev–Trinajstić information content (AvgIpc) is 3.13. The van der Waals surface area contributed by atoms with E-state index in [1.54, 1.807) is 29.3 Å². The van der Waals surface area contributed by atoms with Crippen LogP contribution in [-0.2, 0) is 4.79 Å². The van der Waals surface area contributed by atoms with E-state index >= 15 is 0 Å². The number of para-hydroxylation sites is 1. The number of nitrogens with zero attached hydrogens (tertiary/aromatic N) is 4. The number of pyridine rings is 1. The smallest absolute Gasteiger partial charge is 0.257 e. The van der Waals surface area contributed by atoms with Crippen molar-refractivity contribution in [1.82, 2.24) is 14.8 Å². The molecule has 7 heteroatoms. The Balaban J connectivity index is 1.54. The number of carbonyl (C=O) groups excluding carboxylic acids is 2. The number of nitrogens with one attached hydrogen (secondary N) is 1. The molecule has 2 heterocycles. The van der Waals surface area contributed by atoms with E-state index in [2.05, 4.69) is 40.9 Å². The van der Waals surface area contributed by atoms with Gasteiger partial charge in [-0.25, -0.2) is 4.98 Å². The van der Waals surface area contributed by atoms with Gasteiger partial charge in [0.05, 0.1) is 23.5 Å². The summed E-state index contributed by atoms with van der Waals surface area (Å²) in [5, 5.41) is 2.94. The number of hydrogen-bond donors (Lipinski definition) is 1. The molecule has 0 atom stereocenters. The summed E-state index contributed by atoms with van der Waals surface area (Å²) in [5.41, 5.74) is 1.62. The maximum Gasteiger partial charge on any atom is 0.257 e. The van der Waals surface area contributed by atoms with Gasteiger partial charge in [-0.2, -0.15) is 0 Å². The van der Waals surface area contributed by atoms with E-state index in [4.69, 9.17) is 0 Å². The molecule has 0 aliphatic carbocycles. The van der Waals surface area contributed by atoms with Gasteiger partial charge in [-0.1, -0.05) is 110 Å². The molecular weight excluding hydrogens is 522 g/mol. The van der Waals surface area contributed by atoms with Crippen LogP contribution in [0, 0.1) is 0 Å². The molecule has 1 N–H and O–H groups in total. The summed E-state index contributed by atoms with van der Waals surface area (Å²) >= 11 is 0. The number of anilines is 3. The predicted molar refractivity (Wildman–Crippen MR) is 176 cm³/mol. The molecule has 0 fully saturated rings.